The van der Waals surface area contributed by atoms with Crippen LogP contribution in [0.4, 0.5) is 0 Å². The summed E-state index contributed by atoms with van der Waals surface area (Å²) in [6.45, 7) is 5.53. The Morgan fingerprint density at radius 2 is 1.87 bits per heavy atom. The second-order valence-electron chi connectivity index (χ2n) is 4.10. The van der Waals surface area contributed by atoms with Crippen molar-refractivity contribution in [2.75, 3.05) is 0 Å². The molecule has 82 valence electrons. The molecule has 0 bridgehead atoms. The number of rotatable bonds is 1. The largest absolute Gasteiger partial charge is 0.456 e. The molecule has 0 aliphatic carbocycles. The molecule has 0 saturated carbocycles. The van der Waals surface area contributed by atoms with E-state index in [-0.39, 0.29) is 5.97 Å². The minimum absolute atomic E-state index is 0.323. The van der Waals surface area contributed by atoms with E-state index in [4.69, 9.17) is 4.74 Å². The third kappa shape index (κ3) is 3.61. The summed E-state index contributed by atoms with van der Waals surface area (Å²) in [5.41, 5.74) is 0.0538. The summed E-state index contributed by atoms with van der Waals surface area (Å²) in [4.78, 5) is 11.8. The van der Waals surface area contributed by atoms with Crippen molar-refractivity contribution in [2.45, 2.75) is 26.4 Å². The molecule has 0 radical (unpaired) electrons. The van der Waals surface area contributed by atoms with Crippen LogP contribution >= 0.6 is 31.9 Å². The monoisotopic (exact) mass is 334 g/mol. The van der Waals surface area contributed by atoms with Gasteiger partial charge in [-0.2, -0.15) is 0 Å². The lowest BCUT2D eigenvalue weighted by Crippen LogP contribution is -2.24. The lowest BCUT2D eigenvalue weighted by atomic mass is 10.2. The Hall–Kier alpha value is -0.350. The molecule has 0 N–H and O–H groups in total. The molecule has 0 heterocycles. The summed E-state index contributed by atoms with van der Waals surface area (Å²) in [6, 6.07) is 5.38. The highest BCUT2D eigenvalue weighted by atomic mass is 79.9. The lowest BCUT2D eigenvalue weighted by molar-refractivity contribution is 0.00684. The van der Waals surface area contributed by atoms with Crippen molar-refractivity contribution in [1.29, 1.82) is 0 Å². The minimum Gasteiger partial charge on any atom is -0.456 e. The lowest BCUT2D eigenvalue weighted by Gasteiger charge is -2.20. The maximum atomic E-state index is 11.8. The summed E-state index contributed by atoms with van der Waals surface area (Å²) in [6.07, 6.45) is 0. The normalized spacial score (nSPS) is 11.3. The fourth-order valence-electron chi connectivity index (χ4n) is 0.995. The number of esters is 1. The van der Waals surface area contributed by atoms with Gasteiger partial charge in [0.1, 0.15) is 5.60 Å². The number of benzene rings is 1. The van der Waals surface area contributed by atoms with Crippen molar-refractivity contribution in [3.8, 4) is 0 Å². The maximum Gasteiger partial charge on any atom is 0.339 e. The number of carbonyl (C=O) groups is 1. The first kappa shape index (κ1) is 12.7. The van der Waals surface area contributed by atoms with E-state index in [0.717, 1.165) is 8.95 Å². The molecule has 0 atom stereocenters. The molecular weight excluding hydrogens is 324 g/mol. The van der Waals surface area contributed by atoms with E-state index in [0.29, 0.717) is 5.56 Å². The van der Waals surface area contributed by atoms with Gasteiger partial charge in [0, 0.05) is 8.95 Å². The first-order valence-electron chi connectivity index (χ1n) is 4.48. The number of hydrogen-bond acceptors (Lipinski definition) is 2. The molecule has 1 aromatic rings. The molecule has 4 heteroatoms. The van der Waals surface area contributed by atoms with Crippen molar-refractivity contribution in [2.24, 2.45) is 0 Å². The van der Waals surface area contributed by atoms with Gasteiger partial charge in [0.2, 0.25) is 0 Å². The molecule has 0 spiro atoms. The van der Waals surface area contributed by atoms with Gasteiger partial charge < -0.3 is 4.74 Å². The van der Waals surface area contributed by atoms with Crippen molar-refractivity contribution >= 4 is 37.8 Å². The average Bonchev–Trinajstić information content (AvgIpc) is 2.06. The van der Waals surface area contributed by atoms with Gasteiger partial charge in [-0.25, -0.2) is 4.79 Å². The quantitative estimate of drug-likeness (QED) is 0.720. The van der Waals surface area contributed by atoms with E-state index < -0.39 is 5.60 Å². The van der Waals surface area contributed by atoms with Gasteiger partial charge in [-0.15, -0.1) is 0 Å². The predicted molar refractivity (Wildman–Crippen MR) is 67.0 cm³/mol. The van der Waals surface area contributed by atoms with Crippen LogP contribution < -0.4 is 0 Å². The Kier molecular flexibility index (Phi) is 3.95. The van der Waals surface area contributed by atoms with Gasteiger partial charge in [-0.05, 0) is 64.8 Å². The molecule has 0 aliphatic rings. The van der Waals surface area contributed by atoms with E-state index in [1.54, 1.807) is 12.1 Å². The van der Waals surface area contributed by atoms with Crippen LogP contribution in [0.5, 0.6) is 0 Å². The maximum absolute atomic E-state index is 11.8. The zero-order valence-corrected chi connectivity index (χ0v) is 12.0. The smallest absolute Gasteiger partial charge is 0.339 e. The molecule has 0 aromatic heterocycles. The second-order valence-corrected chi connectivity index (χ2v) is 5.75. The van der Waals surface area contributed by atoms with Crippen LogP contribution in [0.15, 0.2) is 27.1 Å². The summed E-state index contributed by atoms with van der Waals surface area (Å²) in [5.74, 6) is -0.323. The van der Waals surface area contributed by atoms with Crippen molar-refractivity contribution in [1.82, 2.24) is 0 Å². The van der Waals surface area contributed by atoms with Crippen LogP contribution in [0.25, 0.3) is 0 Å². The molecule has 1 rings (SSSR count). The van der Waals surface area contributed by atoms with E-state index >= 15 is 0 Å². The van der Waals surface area contributed by atoms with Crippen LogP contribution in [0.2, 0.25) is 0 Å². The van der Waals surface area contributed by atoms with Crippen LogP contribution in [-0.2, 0) is 4.74 Å². The molecule has 0 aliphatic heterocycles. The SMILES string of the molecule is CC(C)(C)OC(=O)c1cccc(Br)c1Br. The topological polar surface area (TPSA) is 26.3 Å². The van der Waals surface area contributed by atoms with E-state index in [2.05, 4.69) is 31.9 Å². The van der Waals surface area contributed by atoms with Gasteiger partial charge in [-0.3, -0.25) is 0 Å². The third-order valence-electron chi connectivity index (χ3n) is 1.57. The van der Waals surface area contributed by atoms with Crippen LogP contribution in [0, 0.1) is 0 Å². The molecule has 2 nitrogen and oxygen atoms in total. The van der Waals surface area contributed by atoms with Gasteiger partial charge in [0.25, 0.3) is 0 Å². The number of hydrogen-bond donors (Lipinski definition) is 0. The van der Waals surface area contributed by atoms with Crippen molar-refractivity contribution in [3.63, 3.8) is 0 Å². The number of carbonyl (C=O) groups excluding carboxylic acids is 1. The Morgan fingerprint density at radius 3 is 2.40 bits per heavy atom. The zero-order chi connectivity index (χ0) is 11.6. The molecule has 1 aromatic carbocycles. The highest BCUT2D eigenvalue weighted by molar-refractivity contribution is 9.13. The Morgan fingerprint density at radius 1 is 1.27 bits per heavy atom. The highest BCUT2D eigenvalue weighted by Gasteiger charge is 2.20. The summed E-state index contributed by atoms with van der Waals surface area (Å²) in [5, 5.41) is 0. The van der Waals surface area contributed by atoms with E-state index in [9.17, 15) is 4.79 Å². The molecular formula is C11H12Br2O2. The number of halogens is 2. The van der Waals surface area contributed by atoms with Gasteiger partial charge in [-0.1, -0.05) is 6.07 Å². The van der Waals surface area contributed by atoms with Crippen LogP contribution in [0.3, 0.4) is 0 Å². The third-order valence-corrected chi connectivity index (χ3v) is 3.62. The minimum atomic E-state index is -0.473. The van der Waals surface area contributed by atoms with Crippen LogP contribution in [-0.4, -0.2) is 11.6 Å². The highest BCUT2D eigenvalue weighted by Crippen LogP contribution is 2.27. The van der Waals surface area contributed by atoms with Gasteiger partial charge in [0.05, 0.1) is 5.56 Å². The zero-order valence-electron chi connectivity index (χ0n) is 8.80. The Balaban J connectivity index is 2.97. The van der Waals surface area contributed by atoms with Crippen LogP contribution in [0.1, 0.15) is 31.1 Å². The van der Waals surface area contributed by atoms with Crippen molar-refractivity contribution in [3.05, 3.63) is 32.7 Å². The second kappa shape index (κ2) is 4.66. The average molecular weight is 336 g/mol. The van der Waals surface area contributed by atoms with Gasteiger partial charge in [0.15, 0.2) is 0 Å². The number of ether oxygens (including phenoxy) is 1. The molecule has 0 amide bonds. The summed E-state index contributed by atoms with van der Waals surface area (Å²) < 4.78 is 6.83. The Bertz CT molecular complexity index is 381. The summed E-state index contributed by atoms with van der Waals surface area (Å²) >= 11 is 6.68. The molecule has 0 fully saturated rings. The molecule has 0 unspecified atom stereocenters. The Labute approximate surface area is 106 Å². The first-order valence-corrected chi connectivity index (χ1v) is 6.07. The van der Waals surface area contributed by atoms with E-state index in [1.165, 1.54) is 0 Å². The summed E-state index contributed by atoms with van der Waals surface area (Å²) in [7, 11) is 0. The molecule has 15 heavy (non-hydrogen) atoms. The van der Waals surface area contributed by atoms with E-state index in [1.807, 2.05) is 26.8 Å². The fourth-order valence-corrected chi connectivity index (χ4v) is 1.79. The standard InChI is InChI=1S/C11H12Br2O2/c1-11(2,3)15-10(14)7-5-4-6-8(12)9(7)13/h4-6H,1-3H3. The van der Waals surface area contributed by atoms with Crippen molar-refractivity contribution < 1.29 is 9.53 Å². The fraction of sp³-hybridized carbons (Fsp3) is 0.364. The molecule has 0 saturated heterocycles. The predicted octanol–water partition coefficient (Wildman–Crippen LogP) is 4.17. The first-order chi connectivity index (χ1) is 6.81. The van der Waals surface area contributed by atoms with Gasteiger partial charge >= 0.3 is 5.97 Å².